The summed E-state index contributed by atoms with van der Waals surface area (Å²) in [4.78, 5) is 35.1. The average molecular weight is 379 g/mol. The maximum atomic E-state index is 13.7. The molecule has 0 saturated carbocycles. The number of halogens is 2. The smallest absolute Gasteiger partial charge is 0.343 e. The molecule has 0 aromatic heterocycles. The number of hydrogen-bond acceptors (Lipinski definition) is 4. The van der Waals surface area contributed by atoms with Crippen molar-refractivity contribution in [1.82, 2.24) is 0 Å². The van der Waals surface area contributed by atoms with Crippen molar-refractivity contribution in [3.8, 4) is 0 Å². The number of nitrogens with one attached hydrogen (secondary N) is 2. The number of amides is 2. The first kappa shape index (κ1) is 19.4. The molecule has 136 valence electrons. The Morgan fingerprint density at radius 3 is 2.15 bits per heavy atom. The van der Waals surface area contributed by atoms with Gasteiger partial charge in [0.05, 0.1) is 5.02 Å². The molecule has 2 aromatic rings. The molecular weight excluding hydrogens is 363 g/mol. The van der Waals surface area contributed by atoms with Crippen molar-refractivity contribution in [2.24, 2.45) is 0 Å². The van der Waals surface area contributed by atoms with Crippen LogP contribution in [0.5, 0.6) is 0 Å². The summed E-state index contributed by atoms with van der Waals surface area (Å²) in [6, 6.07) is 10.1. The normalized spacial score (nSPS) is 11.4. The second-order valence-electron chi connectivity index (χ2n) is 5.39. The molecule has 0 aliphatic carbocycles. The van der Waals surface area contributed by atoms with Gasteiger partial charge in [-0.1, -0.05) is 17.7 Å². The van der Waals surface area contributed by atoms with Gasteiger partial charge in [0.1, 0.15) is 11.4 Å². The maximum Gasteiger partial charge on any atom is 0.343 e. The summed E-state index contributed by atoms with van der Waals surface area (Å²) in [6.07, 6.45) is -1.17. The van der Waals surface area contributed by atoms with Crippen LogP contribution in [-0.2, 0) is 14.3 Å². The molecule has 1 atom stereocenters. The number of hydrogen-bond donors (Lipinski definition) is 2. The first-order chi connectivity index (χ1) is 12.3. The van der Waals surface area contributed by atoms with Gasteiger partial charge >= 0.3 is 5.97 Å². The van der Waals surface area contributed by atoms with Crippen LogP contribution in [0.15, 0.2) is 42.5 Å². The molecule has 0 heterocycles. The Labute approximate surface area is 154 Å². The predicted octanol–water partition coefficient (Wildman–Crippen LogP) is 3.62. The fourth-order valence-electron chi connectivity index (χ4n) is 2.05. The van der Waals surface area contributed by atoms with Gasteiger partial charge in [-0.25, -0.2) is 9.18 Å². The highest BCUT2D eigenvalue weighted by atomic mass is 35.5. The molecule has 8 heteroatoms. The van der Waals surface area contributed by atoms with Crippen LogP contribution in [0.3, 0.4) is 0 Å². The Morgan fingerprint density at radius 1 is 1.04 bits per heavy atom. The van der Waals surface area contributed by atoms with Crippen molar-refractivity contribution in [2.75, 3.05) is 10.6 Å². The Hall–Kier alpha value is -2.93. The molecule has 0 aliphatic heterocycles. The zero-order valence-corrected chi connectivity index (χ0v) is 14.8. The minimum absolute atomic E-state index is 0.101. The number of anilines is 2. The van der Waals surface area contributed by atoms with Gasteiger partial charge in [-0.2, -0.15) is 0 Å². The van der Waals surface area contributed by atoms with Crippen molar-refractivity contribution in [1.29, 1.82) is 0 Å². The first-order valence-corrected chi connectivity index (χ1v) is 7.99. The summed E-state index contributed by atoms with van der Waals surface area (Å²) < 4.78 is 18.7. The molecule has 2 aromatic carbocycles. The van der Waals surface area contributed by atoms with Gasteiger partial charge in [-0.3, -0.25) is 9.59 Å². The van der Waals surface area contributed by atoms with E-state index in [0.717, 1.165) is 6.07 Å². The molecule has 2 N–H and O–H groups in total. The lowest BCUT2D eigenvalue weighted by molar-refractivity contribution is -0.123. The van der Waals surface area contributed by atoms with Crippen LogP contribution in [0.1, 0.15) is 24.2 Å². The highest BCUT2D eigenvalue weighted by molar-refractivity contribution is 6.33. The molecule has 0 aliphatic rings. The number of esters is 1. The monoisotopic (exact) mass is 378 g/mol. The molecular formula is C18H16ClFN2O4. The van der Waals surface area contributed by atoms with E-state index in [1.165, 1.54) is 26.0 Å². The van der Waals surface area contributed by atoms with Crippen LogP contribution in [0.25, 0.3) is 0 Å². The van der Waals surface area contributed by atoms with Crippen molar-refractivity contribution in [3.05, 3.63) is 58.9 Å². The number of ether oxygens (including phenoxy) is 1. The summed E-state index contributed by atoms with van der Waals surface area (Å²) >= 11 is 5.80. The van der Waals surface area contributed by atoms with E-state index in [2.05, 4.69) is 10.6 Å². The molecule has 0 bridgehead atoms. The molecule has 2 amide bonds. The van der Waals surface area contributed by atoms with E-state index in [9.17, 15) is 18.8 Å². The van der Waals surface area contributed by atoms with E-state index in [4.69, 9.17) is 16.3 Å². The molecule has 0 spiro atoms. The van der Waals surface area contributed by atoms with Gasteiger partial charge in [0.15, 0.2) is 6.10 Å². The largest absolute Gasteiger partial charge is 0.449 e. The lowest BCUT2D eigenvalue weighted by Crippen LogP contribution is -2.30. The summed E-state index contributed by atoms with van der Waals surface area (Å²) in [6.45, 7) is 2.74. The van der Waals surface area contributed by atoms with Crippen LogP contribution in [0.4, 0.5) is 15.8 Å². The van der Waals surface area contributed by atoms with Crippen LogP contribution >= 0.6 is 11.6 Å². The Morgan fingerprint density at radius 2 is 1.62 bits per heavy atom. The van der Waals surface area contributed by atoms with Crippen LogP contribution in [0.2, 0.25) is 5.02 Å². The minimum atomic E-state index is -1.17. The van der Waals surface area contributed by atoms with Gasteiger partial charge in [-0.05, 0) is 43.3 Å². The van der Waals surface area contributed by atoms with E-state index in [1.54, 1.807) is 24.3 Å². The van der Waals surface area contributed by atoms with E-state index in [1.807, 2.05) is 0 Å². The van der Waals surface area contributed by atoms with E-state index >= 15 is 0 Å². The van der Waals surface area contributed by atoms with Gasteiger partial charge in [0.2, 0.25) is 5.91 Å². The molecule has 1 unspecified atom stereocenters. The summed E-state index contributed by atoms with van der Waals surface area (Å²) in [5, 5.41) is 5.05. The second kappa shape index (κ2) is 8.44. The van der Waals surface area contributed by atoms with E-state index in [-0.39, 0.29) is 10.9 Å². The highest BCUT2D eigenvalue weighted by Crippen LogP contribution is 2.21. The third-order valence-electron chi connectivity index (χ3n) is 3.29. The predicted molar refractivity (Wildman–Crippen MR) is 95.7 cm³/mol. The molecule has 2 rings (SSSR count). The highest BCUT2D eigenvalue weighted by Gasteiger charge is 2.23. The fourth-order valence-corrected chi connectivity index (χ4v) is 2.29. The first-order valence-electron chi connectivity index (χ1n) is 7.61. The van der Waals surface area contributed by atoms with E-state index < -0.39 is 29.4 Å². The Balaban J connectivity index is 1.99. The van der Waals surface area contributed by atoms with Crippen LogP contribution < -0.4 is 10.6 Å². The Kier molecular flexibility index (Phi) is 6.30. The summed E-state index contributed by atoms with van der Waals surface area (Å²) in [7, 11) is 0. The Bertz CT molecular complexity index is 819. The zero-order chi connectivity index (χ0) is 19.3. The van der Waals surface area contributed by atoms with Gasteiger partial charge < -0.3 is 15.4 Å². The quantitative estimate of drug-likeness (QED) is 0.778. The molecule has 0 fully saturated rings. The van der Waals surface area contributed by atoms with Crippen LogP contribution in [-0.4, -0.2) is 23.9 Å². The average Bonchev–Trinajstić information content (AvgIpc) is 2.56. The van der Waals surface area contributed by atoms with Crippen molar-refractivity contribution in [3.63, 3.8) is 0 Å². The summed E-state index contributed by atoms with van der Waals surface area (Å²) in [5.74, 6) is -2.67. The van der Waals surface area contributed by atoms with E-state index in [0.29, 0.717) is 11.4 Å². The molecule has 26 heavy (non-hydrogen) atoms. The van der Waals surface area contributed by atoms with Gasteiger partial charge in [0.25, 0.3) is 5.91 Å². The topological polar surface area (TPSA) is 84.5 Å². The number of carbonyl (C=O) groups is 3. The standard InChI is InChI=1S/C18H16ClFN2O4/c1-10(26-18(25)16-14(19)4-3-5-15(16)20)17(24)22-13-8-6-12(7-9-13)21-11(2)23/h3-10H,1-2H3,(H,21,23)(H,22,24). The maximum absolute atomic E-state index is 13.7. The van der Waals surface area contributed by atoms with Gasteiger partial charge in [-0.15, -0.1) is 0 Å². The SMILES string of the molecule is CC(=O)Nc1ccc(NC(=O)C(C)OC(=O)c2c(F)cccc2Cl)cc1. The fraction of sp³-hybridized carbons (Fsp3) is 0.167. The third kappa shape index (κ3) is 5.03. The number of carbonyl (C=O) groups excluding carboxylic acids is 3. The third-order valence-corrected chi connectivity index (χ3v) is 3.61. The summed E-state index contributed by atoms with van der Waals surface area (Å²) in [5.41, 5.74) is 0.591. The lowest BCUT2D eigenvalue weighted by Gasteiger charge is -2.14. The zero-order valence-electron chi connectivity index (χ0n) is 14.0. The number of rotatable bonds is 5. The molecule has 0 saturated heterocycles. The molecule has 0 radical (unpaired) electrons. The molecule has 6 nitrogen and oxygen atoms in total. The number of benzene rings is 2. The second-order valence-corrected chi connectivity index (χ2v) is 5.80. The van der Waals surface area contributed by atoms with Crippen LogP contribution in [0, 0.1) is 5.82 Å². The lowest BCUT2D eigenvalue weighted by atomic mass is 10.2. The van der Waals surface area contributed by atoms with Crippen molar-refractivity contribution >= 4 is 40.8 Å². The van der Waals surface area contributed by atoms with Crippen molar-refractivity contribution < 1.29 is 23.5 Å². The minimum Gasteiger partial charge on any atom is -0.449 e. The van der Waals surface area contributed by atoms with Gasteiger partial charge in [0, 0.05) is 18.3 Å². The van der Waals surface area contributed by atoms with Crippen molar-refractivity contribution in [2.45, 2.75) is 20.0 Å².